The van der Waals surface area contributed by atoms with E-state index in [-0.39, 0.29) is 0 Å². The average Bonchev–Trinajstić information content (AvgIpc) is 2.49. The Bertz CT molecular complexity index is 582. The molecule has 0 aliphatic carbocycles. The van der Waals surface area contributed by atoms with Gasteiger partial charge in [-0.05, 0) is 33.6 Å². The monoisotopic (exact) mass is 334 g/mol. The lowest BCUT2D eigenvalue weighted by molar-refractivity contribution is 0.112. The van der Waals surface area contributed by atoms with Crippen molar-refractivity contribution in [2.45, 2.75) is 6.42 Å². The summed E-state index contributed by atoms with van der Waals surface area (Å²) in [6.07, 6.45) is 1.57. The minimum atomic E-state index is 0.477. The highest BCUT2D eigenvalue weighted by Crippen LogP contribution is 2.32. The predicted octanol–water partition coefficient (Wildman–Crippen LogP) is 3.89. The molecule has 3 nitrogen and oxygen atoms in total. The van der Waals surface area contributed by atoms with Crippen LogP contribution in [-0.4, -0.2) is 20.0 Å². The number of methoxy groups -OCH3 is 1. The topological polar surface area (TPSA) is 35.5 Å². The van der Waals surface area contributed by atoms with Crippen LogP contribution in [0.25, 0.3) is 0 Å². The number of hydrogen-bond donors (Lipinski definition) is 0. The molecule has 20 heavy (non-hydrogen) atoms. The van der Waals surface area contributed by atoms with Crippen LogP contribution in [0, 0.1) is 0 Å². The van der Waals surface area contributed by atoms with E-state index in [1.54, 1.807) is 12.1 Å². The molecule has 0 radical (unpaired) electrons. The van der Waals surface area contributed by atoms with Gasteiger partial charge in [0, 0.05) is 6.42 Å². The van der Waals surface area contributed by atoms with Gasteiger partial charge in [-0.3, -0.25) is 4.79 Å². The van der Waals surface area contributed by atoms with Crippen LogP contribution in [0.2, 0.25) is 0 Å². The Labute approximate surface area is 126 Å². The smallest absolute Gasteiger partial charge is 0.153 e. The summed E-state index contributed by atoms with van der Waals surface area (Å²) in [5.41, 5.74) is 1.69. The van der Waals surface area contributed by atoms with Crippen LogP contribution in [0.15, 0.2) is 46.9 Å². The Morgan fingerprint density at radius 3 is 2.55 bits per heavy atom. The molecule has 0 aliphatic heterocycles. The largest absolute Gasteiger partial charge is 0.496 e. The molecule has 4 heteroatoms. The Hall–Kier alpha value is -1.81. The van der Waals surface area contributed by atoms with Gasteiger partial charge in [0.25, 0.3) is 0 Å². The molecule has 0 N–H and O–H groups in total. The molecular weight excluding hydrogens is 320 g/mol. The zero-order valence-corrected chi connectivity index (χ0v) is 12.7. The minimum Gasteiger partial charge on any atom is -0.496 e. The number of ether oxygens (including phenoxy) is 2. The van der Waals surface area contributed by atoms with Crippen LogP contribution in [0.1, 0.15) is 15.9 Å². The molecule has 2 aromatic carbocycles. The Balaban J connectivity index is 2.04. The standard InChI is InChI=1S/C16H15BrO3/c1-19-15-10-14(17)16(9-13(15)11-18)20-8-7-12-5-3-2-4-6-12/h2-6,9-11H,7-8H2,1H3. The van der Waals surface area contributed by atoms with E-state index in [2.05, 4.69) is 28.1 Å². The van der Waals surface area contributed by atoms with Gasteiger partial charge in [0.05, 0.1) is 23.8 Å². The van der Waals surface area contributed by atoms with E-state index < -0.39 is 0 Å². The van der Waals surface area contributed by atoms with Crippen LogP contribution in [-0.2, 0) is 6.42 Å². The number of rotatable bonds is 6. The van der Waals surface area contributed by atoms with Crippen LogP contribution in [0.5, 0.6) is 11.5 Å². The van der Waals surface area contributed by atoms with Gasteiger partial charge in [-0.25, -0.2) is 0 Å². The molecule has 0 aliphatic rings. The van der Waals surface area contributed by atoms with Crippen LogP contribution >= 0.6 is 15.9 Å². The number of carbonyl (C=O) groups excluding carboxylic acids is 1. The van der Waals surface area contributed by atoms with Gasteiger partial charge in [-0.2, -0.15) is 0 Å². The number of hydrogen-bond acceptors (Lipinski definition) is 3. The van der Waals surface area contributed by atoms with Crippen molar-refractivity contribution in [3.8, 4) is 11.5 Å². The summed E-state index contributed by atoms with van der Waals surface area (Å²) in [6.45, 7) is 0.549. The van der Waals surface area contributed by atoms with E-state index >= 15 is 0 Å². The highest BCUT2D eigenvalue weighted by molar-refractivity contribution is 9.10. The predicted molar refractivity (Wildman–Crippen MR) is 81.7 cm³/mol. The van der Waals surface area contributed by atoms with Crippen molar-refractivity contribution >= 4 is 22.2 Å². The summed E-state index contributed by atoms with van der Waals surface area (Å²) < 4.78 is 11.6. The van der Waals surface area contributed by atoms with Gasteiger partial charge >= 0.3 is 0 Å². The fourth-order valence-electron chi connectivity index (χ4n) is 1.85. The molecule has 0 saturated heterocycles. The molecule has 0 heterocycles. The number of benzene rings is 2. The first kappa shape index (κ1) is 14.6. The zero-order chi connectivity index (χ0) is 14.4. The van der Waals surface area contributed by atoms with Crippen molar-refractivity contribution in [1.29, 1.82) is 0 Å². The molecule has 0 aromatic heterocycles. The number of halogens is 1. The first-order valence-electron chi connectivity index (χ1n) is 6.24. The fraction of sp³-hybridized carbons (Fsp3) is 0.188. The maximum Gasteiger partial charge on any atom is 0.153 e. The van der Waals surface area contributed by atoms with Crippen molar-refractivity contribution < 1.29 is 14.3 Å². The molecule has 0 amide bonds. The van der Waals surface area contributed by atoms with E-state index in [0.29, 0.717) is 23.7 Å². The second-order valence-electron chi connectivity index (χ2n) is 4.23. The number of aldehydes is 1. The van der Waals surface area contributed by atoms with Crippen molar-refractivity contribution in [3.63, 3.8) is 0 Å². The lowest BCUT2D eigenvalue weighted by Crippen LogP contribution is -2.03. The van der Waals surface area contributed by atoms with Gasteiger partial charge in [0.15, 0.2) is 6.29 Å². The van der Waals surface area contributed by atoms with E-state index in [4.69, 9.17) is 9.47 Å². The Morgan fingerprint density at radius 2 is 1.90 bits per heavy atom. The summed E-state index contributed by atoms with van der Waals surface area (Å²) >= 11 is 3.42. The molecule has 0 bridgehead atoms. The van der Waals surface area contributed by atoms with Crippen molar-refractivity contribution in [2.75, 3.05) is 13.7 Å². The van der Waals surface area contributed by atoms with Crippen LogP contribution in [0.4, 0.5) is 0 Å². The molecule has 104 valence electrons. The quantitative estimate of drug-likeness (QED) is 0.752. The van der Waals surface area contributed by atoms with Crippen molar-refractivity contribution in [2.24, 2.45) is 0 Å². The maximum atomic E-state index is 11.0. The van der Waals surface area contributed by atoms with E-state index in [1.165, 1.54) is 12.7 Å². The normalized spacial score (nSPS) is 10.1. The Morgan fingerprint density at radius 1 is 1.15 bits per heavy atom. The highest BCUT2D eigenvalue weighted by Gasteiger charge is 2.09. The zero-order valence-electron chi connectivity index (χ0n) is 11.1. The van der Waals surface area contributed by atoms with E-state index in [0.717, 1.165) is 17.2 Å². The molecule has 0 atom stereocenters. The molecule has 0 spiro atoms. The van der Waals surface area contributed by atoms with E-state index in [9.17, 15) is 4.79 Å². The Kier molecular flexibility index (Phi) is 5.18. The average molecular weight is 335 g/mol. The lowest BCUT2D eigenvalue weighted by Gasteiger charge is -2.11. The van der Waals surface area contributed by atoms with Gasteiger partial charge in [0.1, 0.15) is 11.5 Å². The summed E-state index contributed by atoms with van der Waals surface area (Å²) in [6, 6.07) is 13.5. The SMILES string of the molecule is COc1cc(Br)c(OCCc2ccccc2)cc1C=O. The van der Waals surface area contributed by atoms with Crippen molar-refractivity contribution in [3.05, 3.63) is 58.1 Å². The molecule has 0 unspecified atom stereocenters. The first-order chi connectivity index (χ1) is 9.74. The van der Waals surface area contributed by atoms with Gasteiger partial charge in [0.2, 0.25) is 0 Å². The third-order valence-corrected chi connectivity index (χ3v) is 3.52. The molecule has 2 aromatic rings. The fourth-order valence-corrected chi connectivity index (χ4v) is 2.29. The molecule has 0 saturated carbocycles. The van der Waals surface area contributed by atoms with E-state index in [1.807, 2.05) is 18.2 Å². The third-order valence-electron chi connectivity index (χ3n) is 2.90. The summed E-state index contributed by atoms with van der Waals surface area (Å²) in [5.74, 6) is 1.17. The number of carbonyl (C=O) groups is 1. The first-order valence-corrected chi connectivity index (χ1v) is 7.03. The second-order valence-corrected chi connectivity index (χ2v) is 5.08. The highest BCUT2D eigenvalue weighted by atomic mass is 79.9. The summed E-state index contributed by atoms with van der Waals surface area (Å²) in [4.78, 5) is 11.0. The van der Waals surface area contributed by atoms with Gasteiger partial charge in [-0.15, -0.1) is 0 Å². The molecular formula is C16H15BrO3. The maximum absolute atomic E-state index is 11.0. The molecule has 2 rings (SSSR count). The lowest BCUT2D eigenvalue weighted by atomic mass is 10.2. The van der Waals surface area contributed by atoms with Gasteiger partial charge < -0.3 is 9.47 Å². The summed E-state index contributed by atoms with van der Waals surface area (Å²) in [7, 11) is 1.53. The third kappa shape index (κ3) is 3.61. The van der Waals surface area contributed by atoms with Gasteiger partial charge in [-0.1, -0.05) is 30.3 Å². The molecule has 0 fully saturated rings. The minimum absolute atomic E-state index is 0.477. The van der Waals surface area contributed by atoms with Crippen LogP contribution in [0.3, 0.4) is 0 Å². The second kappa shape index (κ2) is 7.10. The van der Waals surface area contributed by atoms with Crippen molar-refractivity contribution in [1.82, 2.24) is 0 Å². The van der Waals surface area contributed by atoms with Crippen LogP contribution < -0.4 is 9.47 Å². The summed E-state index contributed by atoms with van der Waals surface area (Å²) in [5, 5.41) is 0.